The van der Waals surface area contributed by atoms with Crippen molar-refractivity contribution in [2.75, 3.05) is 58.8 Å². The average Bonchev–Trinajstić information content (AvgIpc) is 3.17. The summed E-state index contributed by atoms with van der Waals surface area (Å²) >= 11 is 0. The fourth-order valence-electron chi connectivity index (χ4n) is 4.13. The van der Waals surface area contributed by atoms with Gasteiger partial charge in [-0.25, -0.2) is 0 Å². The summed E-state index contributed by atoms with van der Waals surface area (Å²) in [6.45, 7) is 5.50. The molecule has 3 rings (SSSR count). The minimum Gasteiger partial charge on any atom is -0.378 e. The first-order valence-electron chi connectivity index (χ1n) is 9.99. The highest BCUT2D eigenvalue weighted by Gasteiger charge is 2.27. The minimum atomic E-state index is 0.219. The van der Waals surface area contributed by atoms with Gasteiger partial charge < -0.3 is 9.80 Å². The SMILES string of the molecule is CN(Cc1ccc(N(C)C)cc1)C(=O)CN1CCN(C2CCCC2)CC1. The summed E-state index contributed by atoms with van der Waals surface area (Å²) in [5.74, 6) is 0.219. The van der Waals surface area contributed by atoms with E-state index in [-0.39, 0.29) is 5.91 Å². The zero-order chi connectivity index (χ0) is 18.5. The third-order valence-corrected chi connectivity index (χ3v) is 5.91. The summed E-state index contributed by atoms with van der Waals surface area (Å²) in [7, 11) is 5.99. The molecule has 0 N–H and O–H groups in total. The summed E-state index contributed by atoms with van der Waals surface area (Å²) < 4.78 is 0. The van der Waals surface area contributed by atoms with Gasteiger partial charge in [-0.05, 0) is 30.5 Å². The van der Waals surface area contributed by atoms with Crippen molar-refractivity contribution in [1.82, 2.24) is 14.7 Å². The lowest BCUT2D eigenvalue weighted by Crippen LogP contribution is -2.51. The van der Waals surface area contributed by atoms with E-state index in [9.17, 15) is 4.79 Å². The molecule has 1 saturated carbocycles. The molecule has 0 aromatic heterocycles. The fraction of sp³-hybridized carbons (Fsp3) is 0.667. The maximum Gasteiger partial charge on any atom is 0.236 e. The summed E-state index contributed by atoms with van der Waals surface area (Å²) in [4.78, 5) is 21.5. The highest BCUT2D eigenvalue weighted by Crippen LogP contribution is 2.24. The number of rotatable bonds is 6. The molecule has 5 nitrogen and oxygen atoms in total. The second-order valence-corrected chi connectivity index (χ2v) is 8.06. The lowest BCUT2D eigenvalue weighted by molar-refractivity contribution is -0.132. The molecule has 1 amide bonds. The Hall–Kier alpha value is -1.59. The summed E-state index contributed by atoms with van der Waals surface area (Å²) in [5, 5.41) is 0. The Morgan fingerprint density at radius 2 is 1.62 bits per heavy atom. The second kappa shape index (κ2) is 8.87. The van der Waals surface area contributed by atoms with Gasteiger partial charge in [0.1, 0.15) is 0 Å². The van der Waals surface area contributed by atoms with Crippen molar-refractivity contribution in [3.05, 3.63) is 29.8 Å². The van der Waals surface area contributed by atoms with Gasteiger partial charge in [0.2, 0.25) is 5.91 Å². The van der Waals surface area contributed by atoms with Crippen LogP contribution >= 0.6 is 0 Å². The van der Waals surface area contributed by atoms with Crippen LogP contribution in [0.5, 0.6) is 0 Å². The van der Waals surface area contributed by atoms with Crippen LogP contribution in [-0.4, -0.2) is 80.5 Å². The number of nitrogens with zero attached hydrogens (tertiary/aromatic N) is 4. The highest BCUT2D eigenvalue weighted by molar-refractivity contribution is 5.78. The van der Waals surface area contributed by atoms with E-state index < -0.39 is 0 Å². The predicted octanol–water partition coefficient (Wildman–Crippen LogP) is 2.27. The fourth-order valence-corrected chi connectivity index (χ4v) is 4.13. The van der Waals surface area contributed by atoms with Crippen LogP contribution in [0.4, 0.5) is 5.69 Å². The number of hydrogen-bond acceptors (Lipinski definition) is 4. The van der Waals surface area contributed by atoms with Gasteiger partial charge in [-0.3, -0.25) is 14.6 Å². The van der Waals surface area contributed by atoms with Crippen LogP contribution in [0.2, 0.25) is 0 Å². The third kappa shape index (κ3) is 4.98. The van der Waals surface area contributed by atoms with E-state index in [1.54, 1.807) is 0 Å². The van der Waals surface area contributed by atoms with E-state index in [1.165, 1.54) is 36.9 Å². The Morgan fingerprint density at radius 1 is 1.00 bits per heavy atom. The normalized spacial score (nSPS) is 19.7. The first-order valence-corrected chi connectivity index (χ1v) is 9.99. The van der Waals surface area contributed by atoms with Crippen molar-refractivity contribution in [2.45, 2.75) is 38.3 Å². The molecule has 26 heavy (non-hydrogen) atoms. The van der Waals surface area contributed by atoms with Crippen LogP contribution in [0.25, 0.3) is 0 Å². The predicted molar refractivity (Wildman–Crippen MR) is 108 cm³/mol. The number of piperazine rings is 1. The first kappa shape index (κ1) is 19.2. The Bertz CT molecular complexity index is 572. The lowest BCUT2D eigenvalue weighted by Gasteiger charge is -2.38. The van der Waals surface area contributed by atoms with Crippen molar-refractivity contribution in [1.29, 1.82) is 0 Å². The van der Waals surface area contributed by atoms with E-state index in [0.717, 1.165) is 32.2 Å². The molecule has 2 aliphatic rings. The van der Waals surface area contributed by atoms with E-state index in [2.05, 4.69) is 39.0 Å². The summed E-state index contributed by atoms with van der Waals surface area (Å²) in [6, 6.07) is 9.24. The number of anilines is 1. The molecule has 0 spiro atoms. The van der Waals surface area contributed by atoms with E-state index in [0.29, 0.717) is 13.1 Å². The summed E-state index contributed by atoms with van der Waals surface area (Å²) in [6.07, 6.45) is 5.52. The largest absolute Gasteiger partial charge is 0.378 e. The van der Waals surface area contributed by atoms with Crippen molar-refractivity contribution in [2.24, 2.45) is 0 Å². The van der Waals surface area contributed by atoms with Gasteiger partial charge in [-0.2, -0.15) is 0 Å². The molecular weight excluding hydrogens is 324 g/mol. The topological polar surface area (TPSA) is 30.0 Å². The minimum absolute atomic E-state index is 0.219. The smallest absolute Gasteiger partial charge is 0.236 e. The maximum atomic E-state index is 12.6. The maximum absolute atomic E-state index is 12.6. The number of carbonyl (C=O) groups excluding carboxylic acids is 1. The van der Waals surface area contributed by atoms with E-state index in [4.69, 9.17) is 0 Å². The van der Waals surface area contributed by atoms with E-state index >= 15 is 0 Å². The number of likely N-dealkylation sites (N-methyl/N-ethyl adjacent to an activating group) is 1. The molecule has 1 heterocycles. The molecule has 2 fully saturated rings. The van der Waals surface area contributed by atoms with Crippen LogP contribution in [0, 0.1) is 0 Å². The van der Waals surface area contributed by atoms with Gasteiger partial charge >= 0.3 is 0 Å². The summed E-state index contributed by atoms with van der Waals surface area (Å²) in [5.41, 5.74) is 2.36. The van der Waals surface area contributed by atoms with Gasteiger partial charge in [0.05, 0.1) is 6.54 Å². The Kier molecular flexibility index (Phi) is 6.54. The Morgan fingerprint density at radius 3 is 2.19 bits per heavy atom. The van der Waals surface area contributed by atoms with Gasteiger partial charge in [-0.15, -0.1) is 0 Å². The molecule has 5 heteroatoms. The van der Waals surface area contributed by atoms with Crippen molar-refractivity contribution >= 4 is 11.6 Å². The molecule has 0 unspecified atom stereocenters. The van der Waals surface area contributed by atoms with Crippen molar-refractivity contribution in [3.63, 3.8) is 0 Å². The molecule has 0 bridgehead atoms. The lowest BCUT2D eigenvalue weighted by atomic mass is 10.1. The van der Waals surface area contributed by atoms with Crippen LogP contribution in [-0.2, 0) is 11.3 Å². The molecule has 1 aliphatic heterocycles. The van der Waals surface area contributed by atoms with Crippen LogP contribution in [0.1, 0.15) is 31.2 Å². The van der Waals surface area contributed by atoms with Crippen LogP contribution in [0.15, 0.2) is 24.3 Å². The van der Waals surface area contributed by atoms with Gasteiger partial charge in [0.15, 0.2) is 0 Å². The number of amides is 1. The number of benzene rings is 1. The highest BCUT2D eigenvalue weighted by atomic mass is 16.2. The number of hydrogen-bond donors (Lipinski definition) is 0. The van der Waals surface area contributed by atoms with Gasteiger partial charge in [-0.1, -0.05) is 25.0 Å². The van der Waals surface area contributed by atoms with Gasteiger partial charge in [0, 0.05) is 65.6 Å². The van der Waals surface area contributed by atoms with Crippen molar-refractivity contribution in [3.8, 4) is 0 Å². The molecule has 1 aromatic carbocycles. The monoisotopic (exact) mass is 358 g/mol. The molecule has 1 aromatic rings. The quantitative estimate of drug-likeness (QED) is 0.780. The van der Waals surface area contributed by atoms with Crippen LogP contribution < -0.4 is 4.90 Å². The van der Waals surface area contributed by atoms with Gasteiger partial charge in [0.25, 0.3) is 0 Å². The van der Waals surface area contributed by atoms with Crippen LogP contribution in [0.3, 0.4) is 0 Å². The molecule has 1 aliphatic carbocycles. The number of carbonyl (C=O) groups is 1. The Balaban J connectivity index is 1.42. The molecule has 0 radical (unpaired) electrons. The zero-order valence-corrected chi connectivity index (χ0v) is 16.7. The van der Waals surface area contributed by atoms with Crippen molar-refractivity contribution < 1.29 is 4.79 Å². The first-order chi connectivity index (χ1) is 12.5. The third-order valence-electron chi connectivity index (χ3n) is 5.91. The zero-order valence-electron chi connectivity index (χ0n) is 16.7. The van der Waals surface area contributed by atoms with E-state index in [1.807, 2.05) is 26.0 Å². The molecule has 0 atom stereocenters. The molecule has 144 valence electrons. The second-order valence-electron chi connectivity index (χ2n) is 8.06. The molecular formula is C21H34N4O. The Labute approximate surface area is 158 Å². The standard InChI is InChI=1S/C21H34N4O/c1-22(2)19-10-8-18(9-11-19)16-23(3)21(26)17-24-12-14-25(15-13-24)20-6-4-5-7-20/h8-11,20H,4-7,12-17H2,1-3H3. The average molecular weight is 359 g/mol. The molecule has 1 saturated heterocycles.